The number of hydrogen-bond donors (Lipinski definition) is 1. The lowest BCUT2D eigenvalue weighted by molar-refractivity contribution is -0.129. The normalized spacial score (nSPS) is 15.4. The van der Waals surface area contributed by atoms with Crippen LogP contribution in [0.3, 0.4) is 0 Å². The molecule has 0 atom stereocenters. The molecule has 1 N–H and O–H groups in total. The van der Waals surface area contributed by atoms with E-state index in [-0.39, 0.29) is 5.91 Å². The third-order valence-corrected chi connectivity index (χ3v) is 3.53. The topological polar surface area (TPSA) is 64.6 Å². The summed E-state index contributed by atoms with van der Waals surface area (Å²) in [5.41, 5.74) is 0. The fourth-order valence-corrected chi connectivity index (χ4v) is 2.25. The Labute approximate surface area is 126 Å². The Morgan fingerprint density at radius 1 is 1.33 bits per heavy atom. The van der Waals surface area contributed by atoms with Crippen molar-refractivity contribution >= 4 is 17.7 Å². The van der Waals surface area contributed by atoms with E-state index in [4.69, 9.17) is 0 Å². The van der Waals surface area contributed by atoms with Gasteiger partial charge < -0.3 is 20.0 Å². The van der Waals surface area contributed by atoms with Crippen LogP contribution >= 0.6 is 0 Å². The zero-order valence-electron chi connectivity index (χ0n) is 13.0. The maximum atomic E-state index is 11.3. The van der Waals surface area contributed by atoms with E-state index >= 15 is 0 Å². The van der Waals surface area contributed by atoms with E-state index in [9.17, 15) is 4.79 Å². The van der Waals surface area contributed by atoms with Gasteiger partial charge in [-0.15, -0.1) is 0 Å². The molecule has 1 aromatic rings. The first-order valence-corrected chi connectivity index (χ1v) is 7.28. The molecule has 2 rings (SSSR count). The molecular formula is C14H24N6O. The van der Waals surface area contributed by atoms with Gasteiger partial charge in [0.1, 0.15) is 5.82 Å². The van der Waals surface area contributed by atoms with E-state index in [0.717, 1.165) is 45.1 Å². The number of nitrogens with zero attached hydrogens (tertiary/aromatic N) is 5. The van der Waals surface area contributed by atoms with Crippen LogP contribution in [-0.4, -0.2) is 79.0 Å². The minimum atomic E-state index is 0.142. The molecule has 2 heterocycles. The number of anilines is 2. The molecule has 0 spiro atoms. The van der Waals surface area contributed by atoms with Gasteiger partial charge >= 0.3 is 0 Å². The van der Waals surface area contributed by atoms with Crippen molar-refractivity contribution in [1.29, 1.82) is 0 Å². The van der Waals surface area contributed by atoms with Crippen molar-refractivity contribution in [2.24, 2.45) is 0 Å². The SMILES string of the molecule is CC(=O)N1CCN(c2ccnc(NCCN(C)C)n2)CC1. The highest BCUT2D eigenvalue weighted by Gasteiger charge is 2.19. The summed E-state index contributed by atoms with van der Waals surface area (Å²) in [6.45, 7) is 6.50. The third-order valence-electron chi connectivity index (χ3n) is 3.53. The van der Waals surface area contributed by atoms with Crippen LogP contribution in [0.2, 0.25) is 0 Å². The minimum Gasteiger partial charge on any atom is -0.353 e. The Morgan fingerprint density at radius 3 is 2.67 bits per heavy atom. The summed E-state index contributed by atoms with van der Waals surface area (Å²) in [5, 5.41) is 3.23. The molecule has 0 unspecified atom stereocenters. The summed E-state index contributed by atoms with van der Waals surface area (Å²) in [4.78, 5) is 26.3. The highest BCUT2D eigenvalue weighted by atomic mass is 16.2. The highest BCUT2D eigenvalue weighted by Crippen LogP contribution is 2.14. The fourth-order valence-electron chi connectivity index (χ4n) is 2.25. The minimum absolute atomic E-state index is 0.142. The molecule has 1 amide bonds. The molecule has 1 aliphatic rings. The van der Waals surface area contributed by atoms with Crippen LogP contribution in [0.1, 0.15) is 6.92 Å². The van der Waals surface area contributed by atoms with Gasteiger partial charge in [-0.25, -0.2) is 4.98 Å². The van der Waals surface area contributed by atoms with Gasteiger partial charge in [0.05, 0.1) is 0 Å². The van der Waals surface area contributed by atoms with Crippen LogP contribution in [0.4, 0.5) is 11.8 Å². The molecular weight excluding hydrogens is 268 g/mol. The van der Waals surface area contributed by atoms with Crippen molar-refractivity contribution in [2.45, 2.75) is 6.92 Å². The Kier molecular flexibility index (Phi) is 5.32. The summed E-state index contributed by atoms with van der Waals surface area (Å²) in [6, 6.07) is 1.92. The molecule has 0 radical (unpaired) electrons. The van der Waals surface area contributed by atoms with E-state index in [1.807, 2.05) is 25.1 Å². The maximum Gasteiger partial charge on any atom is 0.224 e. The molecule has 0 saturated carbocycles. The third kappa shape index (κ3) is 4.56. The lowest BCUT2D eigenvalue weighted by Crippen LogP contribution is -2.48. The summed E-state index contributed by atoms with van der Waals surface area (Å²) >= 11 is 0. The number of rotatable bonds is 5. The van der Waals surface area contributed by atoms with Crippen molar-refractivity contribution in [3.05, 3.63) is 12.3 Å². The molecule has 21 heavy (non-hydrogen) atoms. The standard InChI is InChI=1S/C14H24N6O/c1-12(21)19-8-10-20(11-9-19)13-4-5-15-14(17-13)16-6-7-18(2)3/h4-5H,6-11H2,1-3H3,(H,15,16,17). The number of carbonyl (C=O) groups is 1. The first-order chi connectivity index (χ1) is 10.1. The van der Waals surface area contributed by atoms with E-state index < -0.39 is 0 Å². The molecule has 116 valence electrons. The fraction of sp³-hybridized carbons (Fsp3) is 0.643. The van der Waals surface area contributed by atoms with E-state index in [1.165, 1.54) is 0 Å². The first-order valence-electron chi connectivity index (χ1n) is 7.28. The average molecular weight is 292 g/mol. The molecule has 0 aliphatic carbocycles. The summed E-state index contributed by atoms with van der Waals surface area (Å²) in [6.07, 6.45) is 1.78. The van der Waals surface area contributed by atoms with Gasteiger partial charge in [-0.2, -0.15) is 4.98 Å². The van der Waals surface area contributed by atoms with Crippen molar-refractivity contribution in [3.8, 4) is 0 Å². The number of piperazine rings is 1. The summed E-state index contributed by atoms with van der Waals surface area (Å²) < 4.78 is 0. The summed E-state index contributed by atoms with van der Waals surface area (Å²) in [5.74, 6) is 1.72. The highest BCUT2D eigenvalue weighted by molar-refractivity contribution is 5.73. The largest absolute Gasteiger partial charge is 0.353 e. The maximum absolute atomic E-state index is 11.3. The van der Waals surface area contributed by atoms with Crippen LogP contribution in [0.15, 0.2) is 12.3 Å². The first kappa shape index (κ1) is 15.5. The van der Waals surface area contributed by atoms with Gasteiger partial charge in [0.2, 0.25) is 11.9 Å². The van der Waals surface area contributed by atoms with Crippen LogP contribution in [-0.2, 0) is 4.79 Å². The Hall–Kier alpha value is -1.89. The van der Waals surface area contributed by atoms with Crippen LogP contribution in [0.5, 0.6) is 0 Å². The van der Waals surface area contributed by atoms with Crippen LogP contribution < -0.4 is 10.2 Å². The molecule has 0 bridgehead atoms. The Balaban J connectivity index is 1.90. The number of likely N-dealkylation sites (N-methyl/N-ethyl adjacent to an activating group) is 1. The van der Waals surface area contributed by atoms with Gasteiger partial charge in [0, 0.05) is 52.4 Å². The molecule has 0 aromatic carbocycles. The van der Waals surface area contributed by atoms with Gasteiger partial charge in [-0.1, -0.05) is 0 Å². The van der Waals surface area contributed by atoms with Gasteiger partial charge in [0.15, 0.2) is 0 Å². The number of aromatic nitrogens is 2. The van der Waals surface area contributed by atoms with Crippen molar-refractivity contribution in [3.63, 3.8) is 0 Å². The van der Waals surface area contributed by atoms with E-state index in [1.54, 1.807) is 13.1 Å². The number of carbonyl (C=O) groups excluding carboxylic acids is 1. The Bertz CT molecular complexity index is 470. The van der Waals surface area contributed by atoms with Crippen molar-refractivity contribution < 1.29 is 4.79 Å². The zero-order valence-corrected chi connectivity index (χ0v) is 13.0. The predicted molar refractivity (Wildman–Crippen MR) is 83.5 cm³/mol. The van der Waals surface area contributed by atoms with E-state index in [0.29, 0.717) is 5.95 Å². The molecule has 7 nitrogen and oxygen atoms in total. The molecule has 1 saturated heterocycles. The molecule has 7 heteroatoms. The lowest BCUT2D eigenvalue weighted by atomic mass is 10.3. The van der Waals surface area contributed by atoms with Gasteiger partial charge in [0.25, 0.3) is 0 Å². The molecule has 1 fully saturated rings. The predicted octanol–water partition coefficient (Wildman–Crippen LogP) is 0.119. The van der Waals surface area contributed by atoms with Crippen LogP contribution in [0.25, 0.3) is 0 Å². The van der Waals surface area contributed by atoms with Crippen LogP contribution in [0, 0.1) is 0 Å². The molecule has 1 aliphatic heterocycles. The van der Waals surface area contributed by atoms with Crippen molar-refractivity contribution in [1.82, 2.24) is 19.8 Å². The number of hydrogen-bond acceptors (Lipinski definition) is 6. The Morgan fingerprint density at radius 2 is 2.05 bits per heavy atom. The second-order valence-electron chi connectivity index (χ2n) is 5.46. The second kappa shape index (κ2) is 7.21. The quantitative estimate of drug-likeness (QED) is 0.831. The molecule has 1 aromatic heterocycles. The smallest absolute Gasteiger partial charge is 0.224 e. The summed E-state index contributed by atoms with van der Waals surface area (Å²) in [7, 11) is 4.07. The number of amides is 1. The number of nitrogens with one attached hydrogen (secondary N) is 1. The van der Waals surface area contributed by atoms with E-state index in [2.05, 4.69) is 25.1 Å². The lowest BCUT2D eigenvalue weighted by Gasteiger charge is -2.34. The zero-order chi connectivity index (χ0) is 15.2. The second-order valence-corrected chi connectivity index (χ2v) is 5.46. The van der Waals surface area contributed by atoms with Crippen molar-refractivity contribution in [2.75, 3.05) is 63.6 Å². The monoisotopic (exact) mass is 292 g/mol. The average Bonchev–Trinajstić information content (AvgIpc) is 2.47. The van der Waals surface area contributed by atoms with Gasteiger partial charge in [-0.3, -0.25) is 4.79 Å². The van der Waals surface area contributed by atoms with Gasteiger partial charge in [-0.05, 0) is 20.2 Å².